The first kappa shape index (κ1) is 12.3. The van der Waals surface area contributed by atoms with Crippen molar-refractivity contribution in [1.82, 2.24) is 10.6 Å². The van der Waals surface area contributed by atoms with Crippen LogP contribution in [0, 0.1) is 10.8 Å². The standard InChI is InChI=1S/C14H25N3O/c1-15-12(17-11-3-4-11)16-9-14(10-18)7-13(8-14)5-2-6-13/h11,18H,2-10H2,1H3,(H2,15,16,17). The molecule has 0 radical (unpaired) electrons. The topological polar surface area (TPSA) is 56.7 Å². The molecule has 0 bridgehead atoms. The van der Waals surface area contributed by atoms with Gasteiger partial charge < -0.3 is 15.7 Å². The van der Waals surface area contributed by atoms with E-state index in [-0.39, 0.29) is 5.41 Å². The summed E-state index contributed by atoms with van der Waals surface area (Å²) in [5.41, 5.74) is 0.722. The number of aliphatic hydroxyl groups excluding tert-OH is 1. The highest BCUT2D eigenvalue weighted by Crippen LogP contribution is 2.63. The zero-order valence-electron chi connectivity index (χ0n) is 11.3. The van der Waals surface area contributed by atoms with Crippen LogP contribution in [0.4, 0.5) is 0 Å². The number of nitrogens with one attached hydrogen (secondary N) is 2. The number of guanidine groups is 1. The third kappa shape index (κ3) is 2.22. The van der Waals surface area contributed by atoms with Gasteiger partial charge in [0.2, 0.25) is 0 Å². The van der Waals surface area contributed by atoms with Crippen molar-refractivity contribution in [3.05, 3.63) is 0 Å². The maximum atomic E-state index is 9.67. The van der Waals surface area contributed by atoms with Crippen molar-refractivity contribution in [3.8, 4) is 0 Å². The van der Waals surface area contributed by atoms with Gasteiger partial charge in [-0.05, 0) is 43.9 Å². The molecule has 0 aromatic rings. The van der Waals surface area contributed by atoms with E-state index in [2.05, 4.69) is 15.6 Å². The second kappa shape index (κ2) is 4.41. The van der Waals surface area contributed by atoms with Crippen LogP contribution in [0.2, 0.25) is 0 Å². The average Bonchev–Trinajstić information content (AvgIpc) is 3.08. The van der Waals surface area contributed by atoms with Crippen molar-refractivity contribution < 1.29 is 5.11 Å². The van der Waals surface area contributed by atoms with Crippen molar-refractivity contribution in [2.75, 3.05) is 20.2 Å². The molecule has 3 N–H and O–H groups in total. The van der Waals surface area contributed by atoms with E-state index >= 15 is 0 Å². The van der Waals surface area contributed by atoms with Crippen molar-refractivity contribution >= 4 is 5.96 Å². The van der Waals surface area contributed by atoms with Crippen LogP contribution in [0.1, 0.15) is 44.9 Å². The fraction of sp³-hybridized carbons (Fsp3) is 0.929. The van der Waals surface area contributed by atoms with Gasteiger partial charge in [-0.1, -0.05) is 6.42 Å². The number of hydrogen-bond acceptors (Lipinski definition) is 2. The van der Waals surface area contributed by atoms with Gasteiger partial charge in [0.1, 0.15) is 0 Å². The minimum absolute atomic E-state index is 0.113. The monoisotopic (exact) mass is 251 g/mol. The summed E-state index contributed by atoms with van der Waals surface area (Å²) in [7, 11) is 1.82. The summed E-state index contributed by atoms with van der Waals surface area (Å²) < 4.78 is 0. The van der Waals surface area contributed by atoms with Crippen LogP contribution >= 0.6 is 0 Å². The summed E-state index contributed by atoms with van der Waals surface area (Å²) >= 11 is 0. The molecule has 0 amide bonds. The Morgan fingerprint density at radius 1 is 1.33 bits per heavy atom. The summed E-state index contributed by atoms with van der Waals surface area (Å²) in [5, 5.41) is 16.5. The molecule has 0 aromatic heterocycles. The van der Waals surface area contributed by atoms with Gasteiger partial charge in [-0.25, -0.2) is 0 Å². The van der Waals surface area contributed by atoms with Crippen LogP contribution < -0.4 is 10.6 Å². The Kier molecular flexibility index (Phi) is 3.00. The highest BCUT2D eigenvalue weighted by Gasteiger charge is 2.56. The van der Waals surface area contributed by atoms with E-state index < -0.39 is 0 Å². The van der Waals surface area contributed by atoms with Crippen LogP contribution in [-0.4, -0.2) is 37.3 Å². The predicted molar refractivity (Wildman–Crippen MR) is 72.6 cm³/mol. The third-order valence-electron chi connectivity index (χ3n) is 5.02. The van der Waals surface area contributed by atoms with Crippen molar-refractivity contribution in [3.63, 3.8) is 0 Å². The fourth-order valence-corrected chi connectivity index (χ4v) is 3.75. The summed E-state index contributed by atoms with van der Waals surface area (Å²) in [5.74, 6) is 0.903. The smallest absolute Gasteiger partial charge is 0.191 e. The van der Waals surface area contributed by atoms with E-state index in [1.807, 2.05) is 7.05 Å². The molecule has 18 heavy (non-hydrogen) atoms. The molecule has 1 spiro atoms. The minimum atomic E-state index is 0.113. The van der Waals surface area contributed by atoms with E-state index in [9.17, 15) is 5.11 Å². The summed E-state index contributed by atoms with van der Waals surface area (Å²) in [4.78, 5) is 4.25. The predicted octanol–water partition coefficient (Wildman–Crippen LogP) is 1.26. The third-order valence-corrected chi connectivity index (χ3v) is 5.02. The first-order valence-electron chi connectivity index (χ1n) is 7.27. The lowest BCUT2D eigenvalue weighted by atomic mass is 9.45. The van der Waals surface area contributed by atoms with Gasteiger partial charge in [-0.3, -0.25) is 4.99 Å². The quantitative estimate of drug-likeness (QED) is 0.521. The van der Waals surface area contributed by atoms with Crippen LogP contribution in [-0.2, 0) is 0 Å². The Morgan fingerprint density at radius 3 is 2.50 bits per heavy atom. The number of nitrogens with zero attached hydrogens (tertiary/aromatic N) is 1. The first-order chi connectivity index (χ1) is 8.69. The molecule has 3 rings (SSSR count). The molecule has 4 heteroatoms. The molecule has 0 unspecified atom stereocenters. The SMILES string of the molecule is CN=C(NCC1(CO)CC2(CCC2)C1)NC1CC1. The van der Waals surface area contributed by atoms with E-state index in [1.165, 1.54) is 44.9 Å². The highest BCUT2D eigenvalue weighted by atomic mass is 16.3. The Hall–Kier alpha value is -0.770. The molecule has 0 heterocycles. The van der Waals surface area contributed by atoms with Crippen molar-refractivity contribution in [2.45, 2.75) is 51.0 Å². The van der Waals surface area contributed by atoms with E-state index in [0.29, 0.717) is 18.1 Å². The maximum absolute atomic E-state index is 9.67. The van der Waals surface area contributed by atoms with E-state index in [4.69, 9.17) is 0 Å². The van der Waals surface area contributed by atoms with Crippen LogP contribution in [0.15, 0.2) is 4.99 Å². The molecular weight excluding hydrogens is 226 g/mol. The normalized spacial score (nSPS) is 28.4. The summed E-state index contributed by atoms with van der Waals surface area (Å²) in [6.07, 6.45) is 9.06. The van der Waals surface area contributed by atoms with Gasteiger partial charge in [0.25, 0.3) is 0 Å². The van der Waals surface area contributed by atoms with Gasteiger partial charge in [-0.2, -0.15) is 0 Å². The molecule has 0 atom stereocenters. The van der Waals surface area contributed by atoms with Gasteiger partial charge in [0.05, 0.1) is 6.61 Å². The van der Waals surface area contributed by atoms with Gasteiger partial charge in [0, 0.05) is 25.0 Å². The Labute approximate surface area is 109 Å². The number of aliphatic imine (C=N–C) groups is 1. The van der Waals surface area contributed by atoms with Crippen LogP contribution in [0.25, 0.3) is 0 Å². The van der Waals surface area contributed by atoms with Gasteiger partial charge >= 0.3 is 0 Å². The molecule has 102 valence electrons. The molecular formula is C14H25N3O. The Balaban J connectivity index is 1.48. The molecule has 3 saturated carbocycles. The van der Waals surface area contributed by atoms with Crippen molar-refractivity contribution in [2.24, 2.45) is 15.8 Å². The van der Waals surface area contributed by atoms with Gasteiger partial charge in [-0.15, -0.1) is 0 Å². The lowest BCUT2D eigenvalue weighted by molar-refractivity contribution is -0.117. The molecule has 0 aliphatic heterocycles. The Morgan fingerprint density at radius 2 is 2.06 bits per heavy atom. The number of hydrogen-bond donors (Lipinski definition) is 3. The average molecular weight is 251 g/mol. The van der Waals surface area contributed by atoms with Crippen LogP contribution in [0.3, 0.4) is 0 Å². The molecule has 3 fully saturated rings. The van der Waals surface area contributed by atoms with Crippen molar-refractivity contribution in [1.29, 1.82) is 0 Å². The molecule has 4 nitrogen and oxygen atoms in total. The summed E-state index contributed by atoms with van der Waals surface area (Å²) in [6.45, 7) is 1.17. The maximum Gasteiger partial charge on any atom is 0.191 e. The molecule has 3 aliphatic rings. The zero-order valence-corrected chi connectivity index (χ0v) is 11.3. The lowest BCUT2D eigenvalue weighted by Crippen LogP contribution is -2.58. The fourth-order valence-electron chi connectivity index (χ4n) is 3.75. The minimum Gasteiger partial charge on any atom is -0.396 e. The molecule has 0 aromatic carbocycles. The number of aliphatic hydroxyl groups is 1. The van der Waals surface area contributed by atoms with Gasteiger partial charge in [0.15, 0.2) is 5.96 Å². The number of rotatable bonds is 4. The Bertz CT molecular complexity index is 337. The molecule has 3 aliphatic carbocycles. The second-order valence-corrected chi connectivity index (χ2v) is 6.71. The zero-order chi connectivity index (χ0) is 12.6. The van der Waals surface area contributed by atoms with E-state index in [1.54, 1.807) is 0 Å². The lowest BCUT2D eigenvalue weighted by Gasteiger charge is -2.60. The molecule has 0 saturated heterocycles. The largest absolute Gasteiger partial charge is 0.396 e. The van der Waals surface area contributed by atoms with Crippen LogP contribution in [0.5, 0.6) is 0 Å². The second-order valence-electron chi connectivity index (χ2n) is 6.71. The highest BCUT2D eigenvalue weighted by molar-refractivity contribution is 5.80. The summed E-state index contributed by atoms with van der Waals surface area (Å²) in [6, 6.07) is 0.626. The van der Waals surface area contributed by atoms with E-state index in [0.717, 1.165) is 12.5 Å². The first-order valence-corrected chi connectivity index (χ1v) is 7.27.